The maximum Gasteiger partial charge on any atom is 0.189 e. The average Bonchev–Trinajstić information content (AvgIpc) is 2.16. The summed E-state index contributed by atoms with van der Waals surface area (Å²) in [4.78, 5) is 0.276. The predicted molar refractivity (Wildman–Crippen MR) is 49.8 cm³/mol. The van der Waals surface area contributed by atoms with Crippen LogP contribution in [0.15, 0.2) is 23.1 Å². The van der Waals surface area contributed by atoms with Gasteiger partial charge in [0.25, 0.3) is 0 Å². The lowest BCUT2D eigenvalue weighted by Crippen LogP contribution is -2.12. The van der Waals surface area contributed by atoms with Crippen molar-refractivity contribution in [2.75, 3.05) is 13.0 Å². The maximum absolute atomic E-state index is 11.2. The molecule has 0 N–H and O–H groups in total. The molecule has 0 aliphatic carbocycles. The van der Waals surface area contributed by atoms with Gasteiger partial charge in [-0.1, -0.05) is 6.07 Å². The monoisotopic (exact) mass is 214 g/mol. The van der Waals surface area contributed by atoms with Gasteiger partial charge in [0, 0.05) is 11.8 Å². The van der Waals surface area contributed by atoms with E-state index in [0.29, 0.717) is 12.4 Å². The first kappa shape index (κ1) is 9.48. The summed E-state index contributed by atoms with van der Waals surface area (Å²) in [6, 6.07) is 4.81. The number of ether oxygens (including phenoxy) is 2. The smallest absolute Gasteiger partial charge is 0.189 e. The van der Waals surface area contributed by atoms with Gasteiger partial charge in [-0.3, -0.25) is 0 Å². The zero-order chi connectivity index (χ0) is 10.2. The highest BCUT2D eigenvalue weighted by Gasteiger charge is 2.14. The molecule has 0 saturated carbocycles. The van der Waals surface area contributed by atoms with Crippen molar-refractivity contribution in [1.82, 2.24) is 0 Å². The van der Waals surface area contributed by atoms with Crippen molar-refractivity contribution < 1.29 is 17.9 Å². The number of benzene rings is 1. The molecule has 5 heteroatoms. The fourth-order valence-electron chi connectivity index (χ4n) is 1.28. The Kier molecular flexibility index (Phi) is 2.20. The van der Waals surface area contributed by atoms with E-state index in [-0.39, 0.29) is 11.7 Å². The second kappa shape index (κ2) is 3.25. The molecule has 2 rings (SSSR count). The van der Waals surface area contributed by atoms with Crippen LogP contribution in [0.4, 0.5) is 0 Å². The zero-order valence-electron chi connectivity index (χ0n) is 7.69. The molecular weight excluding hydrogens is 204 g/mol. The molecule has 1 heterocycles. The molecule has 0 fully saturated rings. The highest BCUT2D eigenvalue weighted by atomic mass is 32.2. The Morgan fingerprint density at radius 3 is 2.86 bits per heavy atom. The number of fused-ring (bicyclic) bond motifs is 1. The summed E-state index contributed by atoms with van der Waals surface area (Å²) in [5, 5.41) is 0. The summed E-state index contributed by atoms with van der Waals surface area (Å²) in [6.45, 7) is 0.652. The lowest BCUT2D eigenvalue weighted by Gasteiger charge is -2.17. The largest absolute Gasteiger partial charge is 0.467 e. The molecule has 14 heavy (non-hydrogen) atoms. The molecular formula is C9H10O4S. The van der Waals surface area contributed by atoms with Crippen LogP contribution in [0.5, 0.6) is 5.75 Å². The van der Waals surface area contributed by atoms with E-state index >= 15 is 0 Å². The van der Waals surface area contributed by atoms with Gasteiger partial charge >= 0.3 is 0 Å². The molecule has 0 saturated heterocycles. The lowest BCUT2D eigenvalue weighted by atomic mass is 10.2. The van der Waals surface area contributed by atoms with E-state index in [1.807, 2.05) is 0 Å². The molecule has 0 spiro atoms. The zero-order valence-corrected chi connectivity index (χ0v) is 8.50. The van der Waals surface area contributed by atoms with Crippen molar-refractivity contribution in [3.63, 3.8) is 0 Å². The van der Waals surface area contributed by atoms with Crippen LogP contribution in [0.1, 0.15) is 5.56 Å². The molecule has 0 unspecified atom stereocenters. The Morgan fingerprint density at radius 1 is 1.36 bits per heavy atom. The molecule has 4 nitrogen and oxygen atoms in total. The summed E-state index contributed by atoms with van der Waals surface area (Å²) in [6.07, 6.45) is 1.17. The van der Waals surface area contributed by atoms with Crippen LogP contribution >= 0.6 is 0 Å². The van der Waals surface area contributed by atoms with Gasteiger partial charge in [0.1, 0.15) is 5.75 Å². The van der Waals surface area contributed by atoms with Crippen LogP contribution in [0, 0.1) is 0 Å². The van der Waals surface area contributed by atoms with Gasteiger partial charge in [0.2, 0.25) is 0 Å². The Hall–Kier alpha value is -1.07. The van der Waals surface area contributed by atoms with E-state index in [9.17, 15) is 8.42 Å². The van der Waals surface area contributed by atoms with Crippen molar-refractivity contribution in [2.24, 2.45) is 0 Å². The van der Waals surface area contributed by atoms with Crippen LogP contribution in [0.2, 0.25) is 0 Å². The van der Waals surface area contributed by atoms with Gasteiger partial charge in [-0.25, -0.2) is 8.42 Å². The van der Waals surface area contributed by atoms with E-state index in [1.165, 1.54) is 12.3 Å². The van der Waals surface area contributed by atoms with E-state index in [0.717, 1.165) is 5.56 Å². The molecule has 76 valence electrons. The number of rotatable bonds is 1. The summed E-state index contributed by atoms with van der Waals surface area (Å²) >= 11 is 0. The fourth-order valence-corrected chi connectivity index (χ4v) is 1.91. The second-order valence-electron chi connectivity index (χ2n) is 3.15. The highest BCUT2D eigenvalue weighted by Crippen LogP contribution is 2.26. The van der Waals surface area contributed by atoms with Crippen LogP contribution in [0.25, 0.3) is 0 Å². The Labute approximate surface area is 82.4 Å². The van der Waals surface area contributed by atoms with Crippen molar-refractivity contribution in [2.45, 2.75) is 11.5 Å². The van der Waals surface area contributed by atoms with Crippen LogP contribution in [-0.4, -0.2) is 21.5 Å². The van der Waals surface area contributed by atoms with Crippen molar-refractivity contribution >= 4 is 9.84 Å². The molecule has 0 bridgehead atoms. The minimum Gasteiger partial charge on any atom is -0.467 e. The molecule has 0 amide bonds. The standard InChI is InChI=1S/C9H10O4S/c1-14(10,11)8-3-2-7-5-12-6-13-9(7)4-8/h2-4H,5-6H2,1H3. The Morgan fingerprint density at radius 2 is 2.14 bits per heavy atom. The molecule has 0 atom stereocenters. The predicted octanol–water partition coefficient (Wildman–Crippen LogP) is 0.957. The summed E-state index contributed by atoms with van der Waals surface area (Å²) in [7, 11) is -3.16. The molecule has 1 aliphatic heterocycles. The normalized spacial score (nSPS) is 15.8. The highest BCUT2D eigenvalue weighted by molar-refractivity contribution is 7.90. The summed E-state index contributed by atoms with van der Waals surface area (Å²) in [5.74, 6) is 0.596. The van der Waals surface area contributed by atoms with Gasteiger partial charge in [0.15, 0.2) is 16.6 Å². The third kappa shape index (κ3) is 1.73. The topological polar surface area (TPSA) is 52.6 Å². The van der Waals surface area contributed by atoms with Crippen LogP contribution < -0.4 is 4.74 Å². The van der Waals surface area contributed by atoms with Gasteiger partial charge in [-0.2, -0.15) is 0 Å². The average molecular weight is 214 g/mol. The van der Waals surface area contributed by atoms with E-state index in [2.05, 4.69) is 0 Å². The van der Waals surface area contributed by atoms with Gasteiger partial charge in [0.05, 0.1) is 11.5 Å². The van der Waals surface area contributed by atoms with Crippen LogP contribution in [0.3, 0.4) is 0 Å². The first-order valence-corrected chi connectivity index (χ1v) is 6.00. The van der Waals surface area contributed by atoms with Gasteiger partial charge in [-0.05, 0) is 12.1 Å². The van der Waals surface area contributed by atoms with E-state index < -0.39 is 9.84 Å². The SMILES string of the molecule is CS(=O)(=O)c1ccc2c(c1)OCOC2. The van der Waals surface area contributed by atoms with Crippen molar-refractivity contribution in [3.8, 4) is 5.75 Å². The quantitative estimate of drug-likeness (QED) is 0.698. The second-order valence-corrected chi connectivity index (χ2v) is 5.17. The summed E-state index contributed by atoms with van der Waals surface area (Å²) < 4.78 is 32.7. The third-order valence-corrected chi connectivity index (χ3v) is 3.13. The first-order chi connectivity index (χ1) is 6.57. The number of hydrogen-bond acceptors (Lipinski definition) is 4. The molecule has 1 aromatic carbocycles. The molecule has 0 aromatic heterocycles. The van der Waals surface area contributed by atoms with Crippen LogP contribution in [-0.2, 0) is 21.2 Å². The Bertz CT molecular complexity index is 450. The minimum absolute atomic E-state index is 0.181. The minimum atomic E-state index is -3.16. The maximum atomic E-state index is 11.2. The number of sulfone groups is 1. The lowest BCUT2D eigenvalue weighted by molar-refractivity contribution is -0.0165. The van der Waals surface area contributed by atoms with Gasteiger partial charge < -0.3 is 9.47 Å². The van der Waals surface area contributed by atoms with Gasteiger partial charge in [-0.15, -0.1) is 0 Å². The molecule has 0 radical (unpaired) electrons. The fraction of sp³-hybridized carbons (Fsp3) is 0.333. The molecule has 1 aromatic rings. The summed E-state index contributed by atoms with van der Waals surface area (Å²) in [5.41, 5.74) is 0.878. The molecule has 1 aliphatic rings. The number of hydrogen-bond donors (Lipinski definition) is 0. The third-order valence-electron chi connectivity index (χ3n) is 2.02. The first-order valence-electron chi connectivity index (χ1n) is 4.11. The van der Waals surface area contributed by atoms with E-state index in [4.69, 9.17) is 9.47 Å². The van der Waals surface area contributed by atoms with Crippen molar-refractivity contribution in [1.29, 1.82) is 0 Å². The van der Waals surface area contributed by atoms with E-state index in [1.54, 1.807) is 12.1 Å². The van der Waals surface area contributed by atoms with Crippen molar-refractivity contribution in [3.05, 3.63) is 23.8 Å². The Balaban J connectivity index is 2.49.